The van der Waals surface area contributed by atoms with Crippen LogP contribution in [0.3, 0.4) is 0 Å². The predicted octanol–water partition coefficient (Wildman–Crippen LogP) is 2.18. The highest BCUT2D eigenvalue weighted by atomic mass is 32.1. The van der Waals surface area contributed by atoms with Crippen molar-refractivity contribution in [2.75, 3.05) is 11.9 Å². The molecule has 0 unspecified atom stereocenters. The highest BCUT2D eigenvalue weighted by Crippen LogP contribution is 2.11. The van der Waals surface area contributed by atoms with E-state index in [1.54, 1.807) is 17.4 Å². The summed E-state index contributed by atoms with van der Waals surface area (Å²) in [6, 6.07) is 7.64. The van der Waals surface area contributed by atoms with Crippen LogP contribution in [0.15, 0.2) is 41.1 Å². The Morgan fingerprint density at radius 3 is 2.65 bits per heavy atom. The fraction of sp³-hybridized carbons (Fsp3) is 0.143. The first-order valence-electron chi connectivity index (χ1n) is 6.01. The topological polar surface area (TPSA) is 58.2 Å². The minimum absolute atomic E-state index is 0.00881. The Morgan fingerprint density at radius 2 is 1.95 bits per heavy atom. The predicted molar refractivity (Wildman–Crippen MR) is 76.1 cm³/mol. The maximum atomic E-state index is 13.3. The average Bonchev–Trinajstić information content (AvgIpc) is 2.94. The number of anilines is 1. The molecule has 0 fully saturated rings. The Kier molecular flexibility index (Phi) is 4.84. The van der Waals surface area contributed by atoms with Crippen LogP contribution in [0.25, 0.3) is 0 Å². The molecule has 0 bridgehead atoms. The zero-order chi connectivity index (χ0) is 14.4. The van der Waals surface area contributed by atoms with Gasteiger partial charge in [-0.25, -0.2) is 4.39 Å². The van der Waals surface area contributed by atoms with Crippen molar-refractivity contribution in [2.24, 2.45) is 0 Å². The van der Waals surface area contributed by atoms with Crippen molar-refractivity contribution in [1.82, 2.24) is 5.32 Å². The van der Waals surface area contributed by atoms with Gasteiger partial charge in [0.2, 0.25) is 0 Å². The highest BCUT2D eigenvalue weighted by Gasteiger charge is 2.14. The molecule has 6 heteroatoms. The molecule has 2 rings (SSSR count). The van der Waals surface area contributed by atoms with Crippen LogP contribution in [0.2, 0.25) is 0 Å². The number of halogens is 1. The quantitative estimate of drug-likeness (QED) is 0.849. The van der Waals surface area contributed by atoms with Gasteiger partial charge in [0.25, 0.3) is 0 Å². The third-order valence-electron chi connectivity index (χ3n) is 2.61. The monoisotopic (exact) mass is 292 g/mol. The Hall–Kier alpha value is -2.21. The molecule has 2 N–H and O–H groups in total. The Bertz CT molecular complexity index is 599. The molecule has 1 heterocycles. The Morgan fingerprint density at radius 1 is 1.15 bits per heavy atom. The number of benzene rings is 1. The third kappa shape index (κ3) is 3.89. The molecule has 0 radical (unpaired) electrons. The van der Waals surface area contributed by atoms with Gasteiger partial charge in [-0.2, -0.15) is 11.3 Å². The molecule has 4 nitrogen and oxygen atoms in total. The van der Waals surface area contributed by atoms with Crippen LogP contribution in [0, 0.1) is 5.82 Å². The van der Waals surface area contributed by atoms with Crippen LogP contribution in [0.1, 0.15) is 5.56 Å². The lowest BCUT2D eigenvalue weighted by Crippen LogP contribution is -2.36. The summed E-state index contributed by atoms with van der Waals surface area (Å²) in [5.41, 5.74) is 1.09. The first-order valence-corrected chi connectivity index (χ1v) is 6.96. The van der Waals surface area contributed by atoms with Gasteiger partial charge in [0.1, 0.15) is 5.82 Å². The lowest BCUT2D eigenvalue weighted by atomic mass is 10.2. The van der Waals surface area contributed by atoms with Gasteiger partial charge in [-0.1, -0.05) is 12.1 Å². The number of carbonyl (C=O) groups is 2. The number of thiophene rings is 1. The number of amides is 2. The second-order valence-corrected chi connectivity index (χ2v) is 4.85. The molecule has 0 aliphatic carbocycles. The maximum Gasteiger partial charge on any atom is 0.313 e. The fourth-order valence-corrected chi connectivity index (χ4v) is 2.28. The van der Waals surface area contributed by atoms with E-state index >= 15 is 0 Å². The van der Waals surface area contributed by atoms with Gasteiger partial charge in [-0.15, -0.1) is 0 Å². The van der Waals surface area contributed by atoms with E-state index in [2.05, 4.69) is 10.6 Å². The molecule has 1 aromatic heterocycles. The SMILES string of the molecule is O=C(NCCc1ccsc1)C(=O)Nc1ccccc1F. The van der Waals surface area contributed by atoms with Crippen molar-refractivity contribution < 1.29 is 14.0 Å². The number of para-hydroxylation sites is 1. The Balaban J connectivity index is 1.80. The van der Waals surface area contributed by atoms with Gasteiger partial charge in [0.15, 0.2) is 0 Å². The van der Waals surface area contributed by atoms with E-state index in [9.17, 15) is 14.0 Å². The third-order valence-corrected chi connectivity index (χ3v) is 3.34. The summed E-state index contributed by atoms with van der Waals surface area (Å²) in [5, 5.41) is 8.65. The summed E-state index contributed by atoms with van der Waals surface area (Å²) in [4.78, 5) is 23.1. The molecule has 0 atom stereocenters. The van der Waals surface area contributed by atoms with Gasteiger partial charge < -0.3 is 10.6 Å². The van der Waals surface area contributed by atoms with Gasteiger partial charge in [0, 0.05) is 6.54 Å². The van der Waals surface area contributed by atoms with Gasteiger partial charge in [-0.3, -0.25) is 9.59 Å². The van der Waals surface area contributed by atoms with E-state index in [1.807, 2.05) is 16.8 Å². The molecule has 2 amide bonds. The van der Waals surface area contributed by atoms with Crippen LogP contribution in [0.4, 0.5) is 10.1 Å². The Labute approximate surface area is 119 Å². The van der Waals surface area contributed by atoms with Crippen LogP contribution >= 0.6 is 11.3 Å². The molecule has 0 aliphatic heterocycles. The first kappa shape index (κ1) is 14.2. The molecule has 104 valence electrons. The maximum absolute atomic E-state index is 13.3. The number of hydrogen-bond acceptors (Lipinski definition) is 3. The smallest absolute Gasteiger partial charge is 0.313 e. The molecular formula is C14H13FN2O2S. The second-order valence-electron chi connectivity index (χ2n) is 4.07. The lowest BCUT2D eigenvalue weighted by Gasteiger charge is -2.06. The summed E-state index contributed by atoms with van der Waals surface area (Å²) in [6.07, 6.45) is 0.655. The molecule has 0 saturated heterocycles. The first-order chi connectivity index (χ1) is 9.66. The van der Waals surface area contributed by atoms with Gasteiger partial charge >= 0.3 is 11.8 Å². The van der Waals surface area contributed by atoms with E-state index in [-0.39, 0.29) is 5.69 Å². The minimum atomic E-state index is -0.875. The van der Waals surface area contributed by atoms with E-state index in [1.165, 1.54) is 18.2 Å². The summed E-state index contributed by atoms with van der Waals surface area (Å²) >= 11 is 1.57. The summed E-state index contributed by atoms with van der Waals surface area (Å²) in [7, 11) is 0. The molecule has 20 heavy (non-hydrogen) atoms. The average molecular weight is 292 g/mol. The number of carbonyl (C=O) groups excluding carboxylic acids is 2. The van der Waals surface area contributed by atoms with Crippen molar-refractivity contribution in [3.63, 3.8) is 0 Å². The number of nitrogens with one attached hydrogen (secondary N) is 2. The van der Waals surface area contributed by atoms with E-state index in [0.29, 0.717) is 13.0 Å². The van der Waals surface area contributed by atoms with Crippen molar-refractivity contribution in [3.05, 3.63) is 52.5 Å². The molecule has 0 saturated carbocycles. The minimum Gasteiger partial charge on any atom is -0.347 e. The summed E-state index contributed by atoms with van der Waals surface area (Å²) in [5.74, 6) is -2.23. The summed E-state index contributed by atoms with van der Waals surface area (Å²) in [6.45, 7) is 0.361. The molecule has 0 spiro atoms. The van der Waals surface area contributed by atoms with E-state index in [0.717, 1.165) is 5.56 Å². The van der Waals surface area contributed by atoms with Crippen molar-refractivity contribution in [2.45, 2.75) is 6.42 Å². The molecular weight excluding hydrogens is 279 g/mol. The largest absolute Gasteiger partial charge is 0.347 e. The van der Waals surface area contributed by atoms with Crippen LogP contribution in [0.5, 0.6) is 0 Å². The zero-order valence-electron chi connectivity index (χ0n) is 10.6. The van der Waals surface area contributed by atoms with Crippen molar-refractivity contribution in [1.29, 1.82) is 0 Å². The number of rotatable bonds is 4. The van der Waals surface area contributed by atoms with Crippen LogP contribution < -0.4 is 10.6 Å². The highest BCUT2D eigenvalue weighted by molar-refractivity contribution is 7.07. The second kappa shape index (κ2) is 6.81. The summed E-state index contributed by atoms with van der Waals surface area (Å²) < 4.78 is 13.3. The van der Waals surface area contributed by atoms with Crippen molar-refractivity contribution >= 4 is 28.8 Å². The van der Waals surface area contributed by atoms with Gasteiger partial charge in [0.05, 0.1) is 5.69 Å². The lowest BCUT2D eigenvalue weighted by molar-refractivity contribution is -0.136. The van der Waals surface area contributed by atoms with E-state index < -0.39 is 17.6 Å². The van der Waals surface area contributed by atoms with Crippen LogP contribution in [-0.2, 0) is 16.0 Å². The molecule has 0 aliphatic rings. The van der Waals surface area contributed by atoms with E-state index in [4.69, 9.17) is 0 Å². The van der Waals surface area contributed by atoms with Gasteiger partial charge in [-0.05, 0) is 40.9 Å². The molecule has 2 aromatic rings. The fourth-order valence-electron chi connectivity index (χ4n) is 1.58. The standard InChI is InChI=1S/C14H13FN2O2S/c15-11-3-1-2-4-12(11)17-14(19)13(18)16-7-5-10-6-8-20-9-10/h1-4,6,8-9H,5,7H2,(H,16,18)(H,17,19). The number of hydrogen-bond donors (Lipinski definition) is 2. The van der Waals surface area contributed by atoms with Crippen molar-refractivity contribution in [3.8, 4) is 0 Å². The van der Waals surface area contributed by atoms with Crippen LogP contribution in [-0.4, -0.2) is 18.4 Å². The zero-order valence-corrected chi connectivity index (χ0v) is 11.4. The normalized spacial score (nSPS) is 10.1. The molecule has 1 aromatic carbocycles.